The topological polar surface area (TPSA) is 46.5 Å². The fourth-order valence-electron chi connectivity index (χ4n) is 1.01. The molecule has 0 fully saturated rings. The summed E-state index contributed by atoms with van der Waals surface area (Å²) in [5, 5.41) is 8.37. The van der Waals surface area contributed by atoms with Crippen LogP contribution in [0.3, 0.4) is 0 Å². The second-order valence-corrected chi connectivity index (χ2v) is 3.52. The number of ether oxygens (including phenoxy) is 1. The largest absolute Gasteiger partial charge is 0.481 e. The predicted molar refractivity (Wildman–Crippen MR) is 56.4 cm³/mol. The van der Waals surface area contributed by atoms with Crippen molar-refractivity contribution in [3.8, 4) is 0 Å². The highest BCUT2D eigenvalue weighted by atomic mass is 16.5. The fraction of sp³-hybridized carbons (Fsp3) is 0.727. The Hall–Kier alpha value is -0.830. The minimum Gasteiger partial charge on any atom is -0.481 e. The number of unbranched alkanes of at least 4 members (excludes halogenated alkanes) is 2. The number of hydrogen-bond donors (Lipinski definition) is 1. The Morgan fingerprint density at radius 1 is 1.21 bits per heavy atom. The Kier molecular flexibility index (Phi) is 8.24. The van der Waals surface area contributed by atoms with Gasteiger partial charge in [0, 0.05) is 13.0 Å². The summed E-state index contributed by atoms with van der Waals surface area (Å²) < 4.78 is 5.34. The minimum absolute atomic E-state index is 0.270. The molecule has 0 saturated heterocycles. The van der Waals surface area contributed by atoms with Crippen molar-refractivity contribution in [2.75, 3.05) is 13.2 Å². The SMILES string of the molecule is C=C(C)CCOCCCCCC(=O)O. The maximum absolute atomic E-state index is 10.2. The van der Waals surface area contributed by atoms with Crippen molar-refractivity contribution in [3.63, 3.8) is 0 Å². The van der Waals surface area contributed by atoms with Gasteiger partial charge in [-0.05, 0) is 26.2 Å². The molecule has 0 aliphatic carbocycles. The summed E-state index contributed by atoms with van der Waals surface area (Å²) in [6, 6.07) is 0. The van der Waals surface area contributed by atoms with Crippen molar-refractivity contribution < 1.29 is 14.6 Å². The molecule has 0 atom stereocenters. The zero-order valence-electron chi connectivity index (χ0n) is 8.92. The molecule has 0 aromatic carbocycles. The molecule has 0 aromatic rings. The number of rotatable bonds is 9. The molecule has 14 heavy (non-hydrogen) atoms. The van der Waals surface area contributed by atoms with Gasteiger partial charge >= 0.3 is 5.97 Å². The van der Waals surface area contributed by atoms with E-state index in [-0.39, 0.29) is 6.42 Å². The summed E-state index contributed by atoms with van der Waals surface area (Å²) in [4.78, 5) is 10.2. The van der Waals surface area contributed by atoms with Gasteiger partial charge < -0.3 is 9.84 Å². The third kappa shape index (κ3) is 11.2. The Bertz CT molecular complexity index is 155. The van der Waals surface area contributed by atoms with Crippen LogP contribution in [0.5, 0.6) is 0 Å². The van der Waals surface area contributed by atoms with Crippen molar-refractivity contribution in [2.24, 2.45) is 0 Å². The molecule has 0 spiro atoms. The maximum Gasteiger partial charge on any atom is 0.303 e. The smallest absolute Gasteiger partial charge is 0.303 e. The number of carboxylic acids is 1. The first-order chi connectivity index (χ1) is 6.63. The highest BCUT2D eigenvalue weighted by Gasteiger charge is 1.96. The molecular weight excluding hydrogens is 180 g/mol. The molecule has 3 nitrogen and oxygen atoms in total. The summed E-state index contributed by atoms with van der Waals surface area (Å²) in [7, 11) is 0. The van der Waals surface area contributed by atoms with Crippen LogP contribution in [0.15, 0.2) is 12.2 Å². The summed E-state index contributed by atoms with van der Waals surface area (Å²) in [5.74, 6) is -0.715. The lowest BCUT2D eigenvalue weighted by Crippen LogP contribution is -1.98. The Morgan fingerprint density at radius 3 is 2.50 bits per heavy atom. The van der Waals surface area contributed by atoms with E-state index in [0.717, 1.165) is 44.5 Å². The van der Waals surface area contributed by atoms with Gasteiger partial charge in [0.25, 0.3) is 0 Å². The lowest BCUT2D eigenvalue weighted by Gasteiger charge is -2.03. The first kappa shape index (κ1) is 13.2. The van der Waals surface area contributed by atoms with E-state index in [1.54, 1.807) is 0 Å². The van der Waals surface area contributed by atoms with Crippen LogP contribution >= 0.6 is 0 Å². The molecule has 82 valence electrons. The normalized spacial score (nSPS) is 10.1. The van der Waals surface area contributed by atoms with E-state index in [0.29, 0.717) is 0 Å². The standard InChI is InChI=1S/C11H20O3/c1-10(2)7-9-14-8-5-3-4-6-11(12)13/h1,3-9H2,2H3,(H,12,13). The molecule has 0 amide bonds. The van der Waals surface area contributed by atoms with Crippen molar-refractivity contribution in [1.82, 2.24) is 0 Å². The summed E-state index contributed by atoms with van der Waals surface area (Å²) >= 11 is 0. The van der Waals surface area contributed by atoms with Crippen LogP contribution in [0.25, 0.3) is 0 Å². The quantitative estimate of drug-likeness (QED) is 0.459. The molecule has 0 heterocycles. The van der Waals surface area contributed by atoms with E-state index in [4.69, 9.17) is 9.84 Å². The van der Waals surface area contributed by atoms with Crippen molar-refractivity contribution >= 4 is 5.97 Å². The van der Waals surface area contributed by atoms with E-state index in [1.807, 2.05) is 6.92 Å². The van der Waals surface area contributed by atoms with Crippen LogP contribution in [0.1, 0.15) is 39.0 Å². The second-order valence-electron chi connectivity index (χ2n) is 3.52. The van der Waals surface area contributed by atoms with Gasteiger partial charge in [0.15, 0.2) is 0 Å². The zero-order chi connectivity index (χ0) is 10.8. The van der Waals surface area contributed by atoms with Gasteiger partial charge in [0.1, 0.15) is 0 Å². The summed E-state index contributed by atoms with van der Waals surface area (Å²) in [6.45, 7) is 7.22. The van der Waals surface area contributed by atoms with E-state index in [9.17, 15) is 4.79 Å². The van der Waals surface area contributed by atoms with Crippen LogP contribution < -0.4 is 0 Å². The number of carbonyl (C=O) groups is 1. The Labute approximate surface area is 85.8 Å². The predicted octanol–water partition coefficient (Wildman–Crippen LogP) is 2.61. The van der Waals surface area contributed by atoms with E-state index >= 15 is 0 Å². The van der Waals surface area contributed by atoms with Crippen molar-refractivity contribution in [1.29, 1.82) is 0 Å². The number of hydrogen-bond acceptors (Lipinski definition) is 2. The molecule has 0 aromatic heterocycles. The van der Waals surface area contributed by atoms with Crippen LogP contribution in [-0.2, 0) is 9.53 Å². The zero-order valence-corrected chi connectivity index (χ0v) is 8.92. The average molecular weight is 200 g/mol. The molecule has 1 N–H and O–H groups in total. The van der Waals surface area contributed by atoms with E-state index in [1.165, 1.54) is 0 Å². The Morgan fingerprint density at radius 2 is 1.93 bits per heavy atom. The van der Waals surface area contributed by atoms with Gasteiger partial charge in [-0.2, -0.15) is 0 Å². The molecule has 0 aliphatic heterocycles. The monoisotopic (exact) mass is 200 g/mol. The number of aliphatic carboxylic acids is 1. The molecule has 0 aliphatic rings. The molecule has 0 radical (unpaired) electrons. The number of carboxylic acid groups (broad SMARTS) is 1. The van der Waals surface area contributed by atoms with Gasteiger partial charge in [-0.25, -0.2) is 0 Å². The third-order valence-electron chi connectivity index (χ3n) is 1.85. The lowest BCUT2D eigenvalue weighted by molar-refractivity contribution is -0.137. The molecule has 0 rings (SSSR count). The lowest BCUT2D eigenvalue weighted by atomic mass is 10.2. The van der Waals surface area contributed by atoms with E-state index < -0.39 is 5.97 Å². The Balaban J connectivity index is 2.99. The fourth-order valence-corrected chi connectivity index (χ4v) is 1.01. The molecule has 0 unspecified atom stereocenters. The molecule has 0 bridgehead atoms. The van der Waals surface area contributed by atoms with E-state index in [2.05, 4.69) is 6.58 Å². The van der Waals surface area contributed by atoms with Crippen molar-refractivity contribution in [2.45, 2.75) is 39.0 Å². The van der Waals surface area contributed by atoms with Crippen molar-refractivity contribution in [3.05, 3.63) is 12.2 Å². The van der Waals surface area contributed by atoms with Crippen LogP contribution in [0.2, 0.25) is 0 Å². The van der Waals surface area contributed by atoms with Gasteiger partial charge in [0.05, 0.1) is 6.61 Å². The highest BCUT2D eigenvalue weighted by molar-refractivity contribution is 5.66. The van der Waals surface area contributed by atoms with Crippen LogP contribution in [0.4, 0.5) is 0 Å². The van der Waals surface area contributed by atoms with Gasteiger partial charge in [-0.3, -0.25) is 4.79 Å². The maximum atomic E-state index is 10.2. The molecular formula is C11H20O3. The first-order valence-corrected chi connectivity index (χ1v) is 5.07. The van der Waals surface area contributed by atoms with Crippen LogP contribution in [0, 0.1) is 0 Å². The van der Waals surface area contributed by atoms with Crippen LogP contribution in [-0.4, -0.2) is 24.3 Å². The average Bonchev–Trinajstić information content (AvgIpc) is 2.08. The highest BCUT2D eigenvalue weighted by Crippen LogP contribution is 2.01. The first-order valence-electron chi connectivity index (χ1n) is 5.07. The third-order valence-corrected chi connectivity index (χ3v) is 1.85. The summed E-state index contributed by atoms with van der Waals surface area (Å²) in [6.07, 6.45) is 3.81. The van der Waals surface area contributed by atoms with Gasteiger partial charge in [-0.15, -0.1) is 6.58 Å². The second kappa shape index (κ2) is 8.75. The molecule has 3 heteroatoms. The van der Waals surface area contributed by atoms with Gasteiger partial charge in [0.2, 0.25) is 0 Å². The molecule has 0 saturated carbocycles. The van der Waals surface area contributed by atoms with Gasteiger partial charge in [-0.1, -0.05) is 12.0 Å². The summed E-state index contributed by atoms with van der Waals surface area (Å²) in [5.41, 5.74) is 1.14. The minimum atomic E-state index is -0.715.